The number of halogens is 1. The van der Waals surface area contributed by atoms with Gasteiger partial charge in [-0.15, -0.1) is 11.8 Å². The maximum Gasteiger partial charge on any atom is 0.308 e. The van der Waals surface area contributed by atoms with Crippen LogP contribution in [0.15, 0.2) is 54.6 Å². The number of thioether (sulfide) groups is 1. The Bertz CT molecular complexity index is 1470. The summed E-state index contributed by atoms with van der Waals surface area (Å²) in [7, 11) is 0. The molecule has 2 aliphatic heterocycles. The number of fused-ring (bicyclic) bond motifs is 1. The van der Waals surface area contributed by atoms with E-state index in [1.54, 1.807) is 57.2 Å². The molecule has 0 aliphatic carbocycles. The Kier molecular flexibility index (Phi) is 11.9. The molecule has 2 saturated heterocycles. The van der Waals surface area contributed by atoms with Gasteiger partial charge in [-0.05, 0) is 63.8 Å². The lowest BCUT2D eigenvalue weighted by atomic mass is 10.0. The highest BCUT2D eigenvalue weighted by molar-refractivity contribution is 7.99. The van der Waals surface area contributed by atoms with Gasteiger partial charge in [-0.3, -0.25) is 33.8 Å². The molecule has 2 aromatic rings. The molecule has 2 aromatic carbocycles. The number of ether oxygens (including phenoxy) is 1. The van der Waals surface area contributed by atoms with E-state index in [1.165, 1.54) is 16.8 Å². The van der Waals surface area contributed by atoms with Crippen LogP contribution in [0.25, 0.3) is 0 Å². The van der Waals surface area contributed by atoms with Crippen molar-refractivity contribution in [3.8, 4) is 0 Å². The normalized spacial score (nSPS) is 19.0. The highest BCUT2D eigenvalue weighted by Crippen LogP contribution is 2.26. The van der Waals surface area contributed by atoms with Crippen LogP contribution in [0.3, 0.4) is 0 Å². The fourth-order valence-corrected chi connectivity index (χ4v) is 6.54. The topological polar surface area (TPSA) is 142 Å². The van der Waals surface area contributed by atoms with Crippen LogP contribution in [0.4, 0.5) is 0 Å². The van der Waals surface area contributed by atoms with Crippen molar-refractivity contribution in [2.45, 2.75) is 82.4 Å². The number of Topliss-reactive ketones (excluding diaryl/α,β-unsaturated/α-hetero) is 1. The van der Waals surface area contributed by atoms with Gasteiger partial charge in [-0.25, -0.2) is 5.01 Å². The molecular formula is C33H39ClN4O7S. The first-order chi connectivity index (χ1) is 21.8. The van der Waals surface area contributed by atoms with E-state index in [0.29, 0.717) is 22.8 Å². The monoisotopic (exact) mass is 670 g/mol. The van der Waals surface area contributed by atoms with Crippen LogP contribution in [-0.2, 0) is 34.5 Å². The highest BCUT2D eigenvalue weighted by atomic mass is 35.5. The van der Waals surface area contributed by atoms with Crippen LogP contribution in [0.5, 0.6) is 0 Å². The Balaban J connectivity index is 1.51. The van der Waals surface area contributed by atoms with Gasteiger partial charge in [0.15, 0.2) is 5.78 Å². The number of hydrogen-bond acceptors (Lipinski definition) is 8. The quantitative estimate of drug-likeness (QED) is 0.345. The molecule has 2 heterocycles. The fraction of sp³-hybridized carbons (Fsp3) is 0.455. The van der Waals surface area contributed by atoms with Crippen molar-refractivity contribution < 1.29 is 33.5 Å². The number of nitrogens with one attached hydrogen (secondary N) is 2. The largest absolute Gasteiger partial charge is 0.460 e. The summed E-state index contributed by atoms with van der Waals surface area (Å²) in [6, 6.07) is 12.2. The first-order valence-electron chi connectivity index (χ1n) is 15.2. The molecule has 2 N–H and O–H groups in total. The molecule has 246 valence electrons. The van der Waals surface area contributed by atoms with Gasteiger partial charge < -0.3 is 15.4 Å². The molecule has 4 amide bonds. The highest BCUT2D eigenvalue weighted by Gasteiger charge is 2.45. The molecule has 3 atom stereocenters. The van der Waals surface area contributed by atoms with Gasteiger partial charge >= 0.3 is 5.97 Å². The number of carbonyl (C=O) groups is 6. The summed E-state index contributed by atoms with van der Waals surface area (Å²) in [5, 5.41) is 8.35. The minimum atomic E-state index is -1.23. The Hall–Kier alpha value is -3.90. The van der Waals surface area contributed by atoms with Crippen LogP contribution in [0, 0.1) is 0 Å². The number of carbonyl (C=O) groups excluding carboxylic acids is 6. The third-order valence-corrected chi connectivity index (χ3v) is 8.83. The second-order valence-electron chi connectivity index (χ2n) is 12.2. The number of esters is 1. The van der Waals surface area contributed by atoms with E-state index in [1.807, 2.05) is 18.2 Å². The van der Waals surface area contributed by atoms with Crippen LogP contribution < -0.4 is 10.6 Å². The molecule has 0 spiro atoms. The first kappa shape index (κ1) is 35.0. The van der Waals surface area contributed by atoms with Crippen molar-refractivity contribution in [2.75, 3.05) is 12.3 Å². The number of rotatable bonds is 11. The summed E-state index contributed by atoms with van der Waals surface area (Å²) in [6.07, 6.45) is 0.314. The van der Waals surface area contributed by atoms with Gasteiger partial charge in [-0.2, -0.15) is 0 Å². The zero-order valence-corrected chi connectivity index (χ0v) is 27.7. The van der Waals surface area contributed by atoms with Crippen molar-refractivity contribution >= 4 is 58.7 Å². The molecule has 13 heteroatoms. The Morgan fingerprint density at radius 1 is 1.02 bits per heavy atom. The Morgan fingerprint density at radius 3 is 2.41 bits per heavy atom. The second kappa shape index (κ2) is 15.6. The van der Waals surface area contributed by atoms with E-state index in [9.17, 15) is 28.8 Å². The van der Waals surface area contributed by atoms with E-state index >= 15 is 0 Å². The van der Waals surface area contributed by atoms with Crippen molar-refractivity contribution in [1.29, 1.82) is 0 Å². The standard InChI is InChI=1S/C33H39ClN4O7S/c1-33(2,3)45-29(41)18-25(27(39)20-46-19-22-12-7-8-13-23(22)34)36-31(43)26-14-9-17-37-28(40)16-15-24(32(44)38(26)37)35-30(42)21-10-5-4-6-11-21/h4-8,10-13,24-26H,9,14-20H2,1-3H3,(H,35,42)(H,36,43). The van der Waals surface area contributed by atoms with Gasteiger partial charge in [0, 0.05) is 29.3 Å². The molecule has 2 aliphatic rings. The average Bonchev–Trinajstić information content (AvgIpc) is 3.13. The molecule has 4 rings (SSSR count). The van der Waals surface area contributed by atoms with Crippen LogP contribution in [0.2, 0.25) is 5.02 Å². The molecule has 0 radical (unpaired) electrons. The second-order valence-corrected chi connectivity index (χ2v) is 13.6. The zero-order chi connectivity index (χ0) is 33.4. The van der Waals surface area contributed by atoms with Gasteiger partial charge in [0.2, 0.25) is 11.8 Å². The van der Waals surface area contributed by atoms with Gasteiger partial charge in [0.05, 0.1) is 18.2 Å². The molecule has 0 saturated carbocycles. The van der Waals surface area contributed by atoms with Crippen molar-refractivity contribution in [3.05, 3.63) is 70.7 Å². The smallest absolute Gasteiger partial charge is 0.308 e. The lowest BCUT2D eigenvalue weighted by Gasteiger charge is -2.43. The SMILES string of the molecule is CC(C)(C)OC(=O)CC(NC(=O)C1CCCN2C(=O)CCC(NC(=O)c3ccccc3)C(=O)N12)C(=O)CSCc1ccccc1Cl. The predicted octanol–water partition coefficient (Wildman–Crippen LogP) is 3.69. The maximum atomic E-state index is 13.8. The molecule has 2 fully saturated rings. The maximum absolute atomic E-state index is 13.8. The summed E-state index contributed by atoms with van der Waals surface area (Å²) >= 11 is 7.54. The average molecular weight is 671 g/mol. The summed E-state index contributed by atoms with van der Waals surface area (Å²) in [4.78, 5) is 79.9. The number of nitrogens with zero attached hydrogens (tertiary/aromatic N) is 2. The number of benzene rings is 2. The van der Waals surface area contributed by atoms with E-state index in [-0.39, 0.29) is 37.5 Å². The zero-order valence-electron chi connectivity index (χ0n) is 26.1. The van der Waals surface area contributed by atoms with Crippen LogP contribution in [-0.4, -0.2) is 81.4 Å². The number of ketones is 1. The van der Waals surface area contributed by atoms with Gasteiger partial charge in [-0.1, -0.05) is 48.0 Å². The van der Waals surface area contributed by atoms with E-state index in [0.717, 1.165) is 10.6 Å². The molecule has 3 unspecified atom stereocenters. The lowest BCUT2D eigenvalue weighted by Crippen LogP contribution is -2.64. The molecule has 46 heavy (non-hydrogen) atoms. The first-order valence-corrected chi connectivity index (χ1v) is 16.7. The number of amides is 4. The fourth-order valence-electron chi connectivity index (χ4n) is 5.28. The van der Waals surface area contributed by atoms with E-state index in [2.05, 4.69) is 10.6 Å². The minimum absolute atomic E-state index is 0.00127. The Labute approximate surface area is 277 Å². The minimum Gasteiger partial charge on any atom is -0.460 e. The van der Waals surface area contributed by atoms with Crippen LogP contribution in [0.1, 0.15) is 68.8 Å². The third kappa shape index (κ3) is 9.32. The molecular weight excluding hydrogens is 632 g/mol. The number of hydrazine groups is 1. The van der Waals surface area contributed by atoms with Crippen molar-refractivity contribution in [2.24, 2.45) is 0 Å². The Morgan fingerprint density at radius 2 is 1.72 bits per heavy atom. The van der Waals surface area contributed by atoms with E-state index < -0.39 is 59.6 Å². The van der Waals surface area contributed by atoms with E-state index in [4.69, 9.17) is 16.3 Å². The van der Waals surface area contributed by atoms with Crippen LogP contribution >= 0.6 is 23.4 Å². The summed E-state index contributed by atoms with van der Waals surface area (Å²) in [5.41, 5.74) is 0.386. The molecule has 11 nitrogen and oxygen atoms in total. The van der Waals surface area contributed by atoms with Crippen molar-refractivity contribution in [1.82, 2.24) is 20.7 Å². The molecule has 0 bridgehead atoms. The predicted molar refractivity (Wildman–Crippen MR) is 174 cm³/mol. The lowest BCUT2D eigenvalue weighted by molar-refractivity contribution is -0.176. The molecule has 0 aromatic heterocycles. The summed E-state index contributed by atoms with van der Waals surface area (Å²) < 4.78 is 5.43. The number of hydrogen-bond donors (Lipinski definition) is 2. The summed E-state index contributed by atoms with van der Waals surface area (Å²) in [6.45, 7) is 5.33. The van der Waals surface area contributed by atoms with Gasteiger partial charge in [0.25, 0.3) is 11.8 Å². The van der Waals surface area contributed by atoms with Gasteiger partial charge in [0.1, 0.15) is 17.7 Å². The third-order valence-electron chi connectivity index (χ3n) is 7.46. The van der Waals surface area contributed by atoms with Crippen molar-refractivity contribution in [3.63, 3.8) is 0 Å². The summed E-state index contributed by atoms with van der Waals surface area (Å²) in [5.74, 6) is -2.76.